The summed E-state index contributed by atoms with van der Waals surface area (Å²) >= 11 is 0. The molecule has 1 aromatic rings. The first-order valence-corrected chi connectivity index (χ1v) is 11.0. The highest BCUT2D eigenvalue weighted by atomic mass is 16.5. The van der Waals surface area contributed by atoms with E-state index >= 15 is 0 Å². The summed E-state index contributed by atoms with van der Waals surface area (Å²) < 4.78 is 5.75. The van der Waals surface area contributed by atoms with Crippen LogP contribution in [0.3, 0.4) is 0 Å². The molecule has 0 bridgehead atoms. The molecule has 28 heavy (non-hydrogen) atoms. The Bertz CT molecular complexity index is 604. The lowest BCUT2D eigenvalue weighted by Gasteiger charge is -2.32. The van der Waals surface area contributed by atoms with Gasteiger partial charge >= 0.3 is 0 Å². The Balaban J connectivity index is 1.66. The molecule has 0 atom stereocenters. The number of carbonyl (C=O) groups excluding carboxylic acids is 1. The third-order valence-corrected chi connectivity index (χ3v) is 5.44. The highest BCUT2D eigenvalue weighted by Gasteiger charge is 2.29. The van der Waals surface area contributed by atoms with Crippen molar-refractivity contribution in [2.24, 2.45) is 0 Å². The Morgan fingerprint density at radius 3 is 1.96 bits per heavy atom. The predicted octanol–water partition coefficient (Wildman–Crippen LogP) is 5.32. The highest BCUT2D eigenvalue weighted by molar-refractivity contribution is 5.81. The molecule has 0 saturated carbocycles. The number of unbranched alkanes of at least 4 members (excludes halogenated alkanes) is 9. The molecule has 0 radical (unpaired) electrons. The lowest BCUT2D eigenvalue weighted by atomic mass is 9.88. The molecule has 1 aliphatic carbocycles. The minimum atomic E-state index is -1.43. The average molecular weight is 384 g/mol. The lowest BCUT2D eigenvalue weighted by molar-refractivity contribution is -0.320. The van der Waals surface area contributed by atoms with Gasteiger partial charge in [0.1, 0.15) is 5.60 Å². The molecule has 0 N–H and O–H groups in total. The number of carboxylic acids is 1. The van der Waals surface area contributed by atoms with E-state index in [0.717, 1.165) is 18.4 Å². The van der Waals surface area contributed by atoms with E-state index in [1.165, 1.54) is 51.4 Å². The molecule has 2 rings (SSSR count). The number of hydrogen-bond donors (Lipinski definition) is 0. The van der Waals surface area contributed by atoms with Crippen LogP contribution < -0.4 is 5.11 Å². The van der Waals surface area contributed by atoms with Gasteiger partial charge in [0.15, 0.2) is 0 Å². The van der Waals surface area contributed by atoms with E-state index in [-0.39, 0.29) is 5.92 Å². The predicted molar refractivity (Wildman–Crippen MR) is 113 cm³/mol. The smallest absolute Gasteiger partial charge is 0.144 e. The second kappa shape index (κ2) is 12.6. The quantitative estimate of drug-likeness (QED) is 0.322. The maximum absolute atomic E-state index is 11.7. The monoisotopic (exact) mass is 383 g/mol. The maximum Gasteiger partial charge on any atom is 0.144 e. The molecule has 0 fully saturated rings. The van der Waals surface area contributed by atoms with Gasteiger partial charge in [0.25, 0.3) is 0 Å². The first kappa shape index (κ1) is 22.4. The van der Waals surface area contributed by atoms with Crippen molar-refractivity contribution in [3.05, 3.63) is 60.2 Å². The van der Waals surface area contributed by atoms with Crippen LogP contribution in [0.15, 0.2) is 54.6 Å². The number of carbonyl (C=O) groups is 1. The van der Waals surface area contributed by atoms with Gasteiger partial charge in [-0.15, -0.1) is 0 Å². The van der Waals surface area contributed by atoms with Crippen LogP contribution in [0.4, 0.5) is 0 Å². The van der Waals surface area contributed by atoms with Crippen molar-refractivity contribution >= 4 is 5.97 Å². The number of benzene rings is 1. The normalized spacial score (nSPS) is 21.1. The first-order chi connectivity index (χ1) is 13.7. The minimum Gasteiger partial charge on any atom is -0.546 e. The van der Waals surface area contributed by atoms with Crippen molar-refractivity contribution in [1.82, 2.24) is 0 Å². The number of carboxylic acid groups (broad SMARTS) is 1. The number of hydrogen-bond acceptors (Lipinski definition) is 3. The summed E-state index contributed by atoms with van der Waals surface area (Å²) in [7, 11) is 0. The number of rotatable bonds is 14. The molecule has 3 heteroatoms. The van der Waals surface area contributed by atoms with E-state index in [2.05, 4.69) is 6.92 Å². The molecule has 154 valence electrons. The summed E-state index contributed by atoms with van der Waals surface area (Å²) in [4.78, 5) is 11.7. The van der Waals surface area contributed by atoms with E-state index in [0.29, 0.717) is 6.61 Å². The van der Waals surface area contributed by atoms with Gasteiger partial charge in [-0.1, -0.05) is 107 Å². The molecule has 0 aromatic heterocycles. The largest absolute Gasteiger partial charge is 0.546 e. The molecular weight excluding hydrogens is 348 g/mol. The Morgan fingerprint density at radius 1 is 0.893 bits per heavy atom. The topological polar surface area (TPSA) is 49.4 Å². The Kier molecular flexibility index (Phi) is 10.1. The van der Waals surface area contributed by atoms with Gasteiger partial charge in [-0.05, 0) is 24.1 Å². The van der Waals surface area contributed by atoms with Gasteiger partial charge in [0, 0.05) is 12.5 Å². The summed E-state index contributed by atoms with van der Waals surface area (Å²) in [6, 6.07) is 10.0. The van der Waals surface area contributed by atoms with Crippen LogP contribution in [0, 0.1) is 0 Å². The molecule has 0 aliphatic heterocycles. The number of aliphatic carboxylic acids is 1. The van der Waals surface area contributed by atoms with Gasteiger partial charge in [-0.25, -0.2) is 0 Å². The fraction of sp³-hybridized carbons (Fsp3) is 0.560. The zero-order valence-corrected chi connectivity index (χ0v) is 17.3. The van der Waals surface area contributed by atoms with Crippen LogP contribution in [0.25, 0.3) is 0 Å². The minimum absolute atomic E-state index is 0.0783. The third kappa shape index (κ3) is 7.27. The lowest BCUT2D eigenvalue weighted by Crippen LogP contribution is -2.48. The Morgan fingerprint density at radius 2 is 1.43 bits per heavy atom. The second-order valence-corrected chi connectivity index (χ2v) is 7.77. The van der Waals surface area contributed by atoms with E-state index in [1.807, 2.05) is 42.5 Å². The third-order valence-electron chi connectivity index (χ3n) is 5.44. The van der Waals surface area contributed by atoms with Crippen molar-refractivity contribution in [2.45, 2.75) is 82.7 Å². The highest BCUT2D eigenvalue weighted by Crippen LogP contribution is 2.28. The Labute approximate surface area is 170 Å². The average Bonchev–Trinajstić information content (AvgIpc) is 2.73. The summed E-state index contributed by atoms with van der Waals surface area (Å²) in [6.07, 6.45) is 19.5. The van der Waals surface area contributed by atoms with Gasteiger partial charge in [0.05, 0.1) is 5.97 Å². The molecular formula is C25H35O3-. The first-order valence-electron chi connectivity index (χ1n) is 11.0. The molecule has 3 nitrogen and oxygen atoms in total. The number of ether oxygens (including phenoxy) is 1. The second-order valence-electron chi connectivity index (χ2n) is 7.77. The van der Waals surface area contributed by atoms with Crippen LogP contribution in [-0.4, -0.2) is 18.2 Å². The van der Waals surface area contributed by atoms with Crippen LogP contribution in [-0.2, 0) is 9.53 Å². The van der Waals surface area contributed by atoms with Crippen molar-refractivity contribution in [1.29, 1.82) is 0 Å². The van der Waals surface area contributed by atoms with Crippen LogP contribution in [0.5, 0.6) is 0 Å². The standard InChI is InChI=1S/C25H36O3/c1-2-3-4-5-6-7-8-9-10-14-21-28-25(24(26)27)19-17-23(18-20-25)22-15-12-11-13-16-22/h11-13,15-20,23H,2-10,14,21H2,1H3,(H,26,27)/p-1. The van der Waals surface area contributed by atoms with E-state index in [1.54, 1.807) is 12.2 Å². The Hall–Kier alpha value is -1.87. The molecule has 1 aliphatic rings. The van der Waals surface area contributed by atoms with Gasteiger partial charge in [-0.3, -0.25) is 0 Å². The number of allylic oxidation sites excluding steroid dienone is 2. The molecule has 0 unspecified atom stereocenters. The van der Waals surface area contributed by atoms with Crippen molar-refractivity contribution in [2.75, 3.05) is 6.61 Å². The van der Waals surface area contributed by atoms with Crippen molar-refractivity contribution < 1.29 is 14.6 Å². The molecule has 0 amide bonds. The summed E-state index contributed by atoms with van der Waals surface area (Å²) in [6.45, 7) is 2.68. The van der Waals surface area contributed by atoms with Crippen molar-refractivity contribution in [3.63, 3.8) is 0 Å². The molecule has 0 heterocycles. The van der Waals surface area contributed by atoms with Gasteiger partial charge in [0.2, 0.25) is 0 Å². The van der Waals surface area contributed by atoms with E-state index in [9.17, 15) is 9.90 Å². The van der Waals surface area contributed by atoms with Crippen LogP contribution in [0.1, 0.15) is 82.6 Å². The van der Waals surface area contributed by atoms with Gasteiger partial charge < -0.3 is 14.6 Å². The zero-order valence-electron chi connectivity index (χ0n) is 17.3. The van der Waals surface area contributed by atoms with Gasteiger partial charge in [-0.2, -0.15) is 0 Å². The summed E-state index contributed by atoms with van der Waals surface area (Å²) in [5.41, 5.74) is -0.290. The van der Waals surface area contributed by atoms with Crippen LogP contribution in [0.2, 0.25) is 0 Å². The van der Waals surface area contributed by atoms with E-state index < -0.39 is 11.6 Å². The van der Waals surface area contributed by atoms with E-state index in [4.69, 9.17) is 4.74 Å². The maximum atomic E-state index is 11.7. The fourth-order valence-corrected chi connectivity index (χ4v) is 3.63. The summed E-state index contributed by atoms with van der Waals surface area (Å²) in [5, 5.41) is 11.7. The van der Waals surface area contributed by atoms with Crippen LogP contribution >= 0.6 is 0 Å². The SMILES string of the molecule is CCCCCCCCCCCCOC1(C(=O)[O-])C=CC(c2ccccc2)C=C1. The molecule has 1 aromatic carbocycles. The fourth-order valence-electron chi connectivity index (χ4n) is 3.63. The zero-order chi connectivity index (χ0) is 20.1. The summed E-state index contributed by atoms with van der Waals surface area (Å²) in [5.74, 6) is -1.12. The molecule has 0 saturated heterocycles. The van der Waals surface area contributed by atoms with Crippen molar-refractivity contribution in [3.8, 4) is 0 Å². The molecule has 0 spiro atoms.